The molecule has 0 aliphatic heterocycles. The van der Waals surface area contributed by atoms with Crippen LogP contribution < -0.4 is 10.5 Å². The number of benzene rings is 1. The Labute approximate surface area is 119 Å². The quantitative estimate of drug-likeness (QED) is 0.666. The van der Waals surface area contributed by atoms with E-state index in [9.17, 15) is 12.8 Å². The van der Waals surface area contributed by atoms with E-state index in [4.69, 9.17) is 17.3 Å². The summed E-state index contributed by atoms with van der Waals surface area (Å²) in [5, 5.41) is 0.0573. The number of aromatic nitrogens is 2. The zero-order chi connectivity index (χ0) is 14.9. The van der Waals surface area contributed by atoms with E-state index >= 15 is 0 Å². The second kappa shape index (κ2) is 5.22. The molecule has 0 radical (unpaired) electrons. The summed E-state index contributed by atoms with van der Waals surface area (Å²) in [5.74, 6) is -1.13. The van der Waals surface area contributed by atoms with Gasteiger partial charge in [-0.25, -0.2) is 27.5 Å². The number of rotatable bonds is 3. The summed E-state index contributed by atoms with van der Waals surface area (Å²) >= 11 is 5.62. The summed E-state index contributed by atoms with van der Waals surface area (Å²) < 4.78 is 40.2. The van der Waals surface area contributed by atoms with E-state index in [2.05, 4.69) is 9.97 Å². The second-order valence-electron chi connectivity index (χ2n) is 3.96. The molecule has 0 saturated heterocycles. The van der Waals surface area contributed by atoms with Crippen LogP contribution in [0.3, 0.4) is 0 Å². The van der Waals surface area contributed by atoms with E-state index in [1.807, 2.05) is 4.72 Å². The van der Waals surface area contributed by atoms with Crippen LogP contribution in [0.2, 0.25) is 5.15 Å². The molecule has 20 heavy (non-hydrogen) atoms. The van der Waals surface area contributed by atoms with Crippen molar-refractivity contribution in [3.63, 3.8) is 0 Å². The highest BCUT2D eigenvalue weighted by molar-refractivity contribution is 7.92. The smallest absolute Gasteiger partial charge is 0.267 e. The first-order valence-electron chi connectivity index (χ1n) is 5.36. The molecule has 1 aromatic heterocycles. The normalized spacial score (nSPS) is 11.3. The Morgan fingerprint density at radius 2 is 2.10 bits per heavy atom. The van der Waals surface area contributed by atoms with Crippen molar-refractivity contribution >= 4 is 33.3 Å². The van der Waals surface area contributed by atoms with E-state index in [0.29, 0.717) is 0 Å². The first-order chi connectivity index (χ1) is 9.29. The van der Waals surface area contributed by atoms with Crippen molar-refractivity contribution in [2.24, 2.45) is 0 Å². The predicted molar refractivity (Wildman–Crippen MR) is 73.4 cm³/mol. The van der Waals surface area contributed by atoms with E-state index in [0.717, 1.165) is 6.07 Å². The number of aryl methyl sites for hydroxylation is 1. The molecule has 0 amide bonds. The van der Waals surface area contributed by atoms with Gasteiger partial charge in [0.25, 0.3) is 10.0 Å². The van der Waals surface area contributed by atoms with Gasteiger partial charge in [0.15, 0.2) is 0 Å². The molecule has 0 bridgehead atoms. The van der Waals surface area contributed by atoms with Gasteiger partial charge in [0.1, 0.15) is 15.9 Å². The molecule has 0 unspecified atom stereocenters. The fourth-order valence-corrected chi connectivity index (χ4v) is 2.79. The van der Waals surface area contributed by atoms with Gasteiger partial charge in [0.2, 0.25) is 5.95 Å². The summed E-state index contributed by atoms with van der Waals surface area (Å²) in [7, 11) is -4.19. The Kier molecular flexibility index (Phi) is 3.78. The number of nitrogen functional groups attached to an aromatic ring is 1. The Bertz CT molecular complexity index is 767. The maximum Gasteiger partial charge on any atom is 0.267 e. The number of halogens is 2. The van der Waals surface area contributed by atoms with Gasteiger partial charge in [-0.3, -0.25) is 0 Å². The molecule has 3 N–H and O–H groups in total. The van der Waals surface area contributed by atoms with Gasteiger partial charge in [0, 0.05) is 11.9 Å². The van der Waals surface area contributed by atoms with Crippen molar-refractivity contribution in [3.8, 4) is 0 Å². The van der Waals surface area contributed by atoms with E-state index < -0.39 is 20.7 Å². The van der Waals surface area contributed by atoms with E-state index in [-0.39, 0.29) is 22.4 Å². The standard InChI is InChI=1S/C11H10ClFN4O2S/c1-6-4-7(14)5-8(10(6)13)20(18,19)17-11-15-3-2-9(12)16-11/h2-5H,14H2,1H3,(H,15,16,17). The lowest BCUT2D eigenvalue weighted by Crippen LogP contribution is -2.17. The van der Waals surface area contributed by atoms with E-state index in [1.165, 1.54) is 25.3 Å². The van der Waals surface area contributed by atoms with E-state index in [1.54, 1.807) is 0 Å². The average molecular weight is 317 g/mol. The number of hydrogen-bond acceptors (Lipinski definition) is 5. The maximum atomic E-state index is 13.9. The molecule has 2 rings (SSSR count). The summed E-state index contributed by atoms with van der Waals surface area (Å²) in [6.45, 7) is 1.42. The fourth-order valence-electron chi connectivity index (χ4n) is 1.52. The topological polar surface area (TPSA) is 98.0 Å². The molecule has 0 atom stereocenters. The highest BCUT2D eigenvalue weighted by Gasteiger charge is 2.22. The number of anilines is 2. The van der Waals surface area contributed by atoms with Gasteiger partial charge in [0.05, 0.1) is 0 Å². The lowest BCUT2D eigenvalue weighted by atomic mass is 10.2. The minimum Gasteiger partial charge on any atom is -0.399 e. The average Bonchev–Trinajstić information content (AvgIpc) is 2.33. The molecule has 106 valence electrons. The van der Waals surface area contributed by atoms with Crippen molar-refractivity contribution in [2.45, 2.75) is 11.8 Å². The lowest BCUT2D eigenvalue weighted by molar-refractivity contribution is 0.565. The van der Waals surface area contributed by atoms with Gasteiger partial charge in [-0.05, 0) is 30.7 Å². The van der Waals surface area contributed by atoms with Crippen LogP contribution in [0.4, 0.5) is 16.0 Å². The maximum absolute atomic E-state index is 13.9. The molecule has 0 aliphatic rings. The molecule has 0 aliphatic carbocycles. The Morgan fingerprint density at radius 1 is 1.40 bits per heavy atom. The number of nitrogens with one attached hydrogen (secondary N) is 1. The molecule has 0 saturated carbocycles. The van der Waals surface area contributed by atoms with Crippen LogP contribution in [-0.4, -0.2) is 18.4 Å². The van der Waals surface area contributed by atoms with Crippen LogP contribution in [0.25, 0.3) is 0 Å². The summed E-state index contributed by atoms with van der Waals surface area (Å²) in [4.78, 5) is 6.78. The molecule has 2 aromatic rings. The summed E-state index contributed by atoms with van der Waals surface area (Å²) in [6, 6.07) is 3.74. The first kappa shape index (κ1) is 14.5. The van der Waals surface area contributed by atoms with Crippen molar-refractivity contribution in [2.75, 3.05) is 10.5 Å². The molecule has 0 fully saturated rings. The number of nitrogens with zero attached hydrogens (tertiary/aromatic N) is 2. The van der Waals surface area contributed by atoms with Crippen LogP contribution in [0.1, 0.15) is 5.56 Å². The second-order valence-corrected chi connectivity index (χ2v) is 6.00. The minimum atomic E-state index is -4.19. The van der Waals surface area contributed by atoms with Crippen LogP contribution >= 0.6 is 11.6 Å². The van der Waals surface area contributed by atoms with Crippen LogP contribution in [0, 0.1) is 12.7 Å². The van der Waals surface area contributed by atoms with Crippen molar-refractivity contribution < 1.29 is 12.8 Å². The SMILES string of the molecule is Cc1cc(N)cc(S(=O)(=O)Nc2nccc(Cl)n2)c1F. The van der Waals surface area contributed by atoms with Crippen LogP contribution in [0.5, 0.6) is 0 Å². The first-order valence-corrected chi connectivity index (χ1v) is 7.23. The minimum absolute atomic E-state index is 0.0573. The Hall–Kier alpha value is -1.93. The van der Waals surface area contributed by atoms with Crippen molar-refractivity contribution in [1.82, 2.24) is 9.97 Å². The molecule has 0 spiro atoms. The van der Waals surface area contributed by atoms with Crippen LogP contribution in [-0.2, 0) is 10.0 Å². The summed E-state index contributed by atoms with van der Waals surface area (Å²) in [6.07, 6.45) is 1.27. The lowest BCUT2D eigenvalue weighted by Gasteiger charge is -2.09. The predicted octanol–water partition coefficient (Wildman–Crippen LogP) is 1.96. The molecule has 6 nitrogen and oxygen atoms in total. The van der Waals surface area contributed by atoms with Gasteiger partial charge in [-0.1, -0.05) is 11.6 Å². The zero-order valence-electron chi connectivity index (χ0n) is 10.3. The van der Waals surface area contributed by atoms with Gasteiger partial charge in [-0.2, -0.15) is 0 Å². The van der Waals surface area contributed by atoms with Crippen molar-refractivity contribution in [3.05, 3.63) is 40.9 Å². The molecular formula is C11H10ClFN4O2S. The molecule has 1 heterocycles. The van der Waals surface area contributed by atoms with Gasteiger partial charge < -0.3 is 5.73 Å². The monoisotopic (exact) mass is 316 g/mol. The largest absolute Gasteiger partial charge is 0.399 e. The fraction of sp³-hybridized carbons (Fsp3) is 0.0909. The third kappa shape index (κ3) is 2.97. The van der Waals surface area contributed by atoms with Crippen molar-refractivity contribution in [1.29, 1.82) is 0 Å². The number of nitrogens with two attached hydrogens (primary N) is 1. The molecule has 1 aromatic carbocycles. The Morgan fingerprint density at radius 3 is 2.75 bits per heavy atom. The zero-order valence-corrected chi connectivity index (χ0v) is 11.8. The van der Waals surface area contributed by atoms with Crippen LogP contribution in [0.15, 0.2) is 29.3 Å². The third-order valence-corrected chi connectivity index (χ3v) is 3.92. The Balaban J connectivity index is 2.46. The molecule has 9 heteroatoms. The summed E-state index contributed by atoms with van der Waals surface area (Å²) in [5.41, 5.74) is 5.79. The van der Waals surface area contributed by atoms with Gasteiger partial charge in [-0.15, -0.1) is 0 Å². The number of hydrogen-bond donors (Lipinski definition) is 2. The highest BCUT2D eigenvalue weighted by Crippen LogP contribution is 2.23. The molecular weight excluding hydrogens is 307 g/mol. The highest BCUT2D eigenvalue weighted by atomic mass is 35.5. The third-order valence-electron chi connectivity index (χ3n) is 2.38. The van der Waals surface area contributed by atoms with Gasteiger partial charge >= 0.3 is 0 Å². The number of sulfonamides is 1.